The van der Waals surface area contributed by atoms with Crippen molar-refractivity contribution in [2.45, 2.75) is 24.7 Å². The first kappa shape index (κ1) is 24.9. The third-order valence-corrected chi connectivity index (χ3v) is 6.46. The Morgan fingerprint density at radius 2 is 2.03 bits per heavy atom. The topological polar surface area (TPSA) is 69.0 Å². The van der Waals surface area contributed by atoms with Crippen molar-refractivity contribution < 1.29 is 9.53 Å². The first-order chi connectivity index (χ1) is 15.3. The molecule has 0 saturated carbocycles. The number of thioether (sulfide) groups is 1. The van der Waals surface area contributed by atoms with Crippen molar-refractivity contribution in [1.29, 1.82) is 0 Å². The second-order valence-electron chi connectivity index (χ2n) is 6.54. The van der Waals surface area contributed by atoms with Gasteiger partial charge in [0.1, 0.15) is 5.75 Å². The fourth-order valence-electron chi connectivity index (χ4n) is 2.73. The predicted octanol–water partition coefficient (Wildman–Crippen LogP) is 7.06. The van der Waals surface area contributed by atoms with Gasteiger partial charge in [-0.05, 0) is 43.3 Å². The number of benzene rings is 2. The van der Waals surface area contributed by atoms with Crippen LogP contribution in [0.25, 0.3) is 0 Å². The molecule has 6 nitrogen and oxygen atoms in total. The minimum Gasteiger partial charge on any atom is -0.481 e. The number of hydrogen-bond acceptors (Lipinski definition) is 5. The summed E-state index contributed by atoms with van der Waals surface area (Å²) in [7, 11) is 0. The number of anilines is 1. The average Bonchev–Trinajstić information content (AvgIpc) is 3.13. The van der Waals surface area contributed by atoms with Gasteiger partial charge in [0.15, 0.2) is 17.1 Å². The van der Waals surface area contributed by atoms with E-state index in [0.29, 0.717) is 44.0 Å². The van der Waals surface area contributed by atoms with Crippen molar-refractivity contribution in [2.75, 3.05) is 11.1 Å². The van der Waals surface area contributed by atoms with E-state index in [1.807, 2.05) is 11.5 Å². The van der Waals surface area contributed by atoms with E-state index in [4.69, 9.17) is 39.5 Å². The van der Waals surface area contributed by atoms with Crippen LogP contribution in [0.3, 0.4) is 0 Å². The molecule has 3 rings (SSSR count). The number of ether oxygens (including phenoxy) is 1. The number of carbonyl (C=O) groups excluding carboxylic acids is 1. The maximum absolute atomic E-state index is 12.4. The van der Waals surface area contributed by atoms with E-state index in [1.165, 1.54) is 11.8 Å². The van der Waals surface area contributed by atoms with Crippen LogP contribution in [0.1, 0.15) is 18.9 Å². The van der Waals surface area contributed by atoms with E-state index < -0.39 is 6.10 Å². The molecule has 168 valence electrons. The van der Waals surface area contributed by atoms with Crippen molar-refractivity contribution in [3.05, 3.63) is 74.4 Å². The molecule has 1 aromatic heterocycles. The quantitative estimate of drug-likeness (QED) is 0.218. The monoisotopic (exact) mass is 574 g/mol. The smallest absolute Gasteiger partial charge is 0.234 e. The summed E-state index contributed by atoms with van der Waals surface area (Å²) in [6, 6.07) is 10.2. The van der Waals surface area contributed by atoms with Gasteiger partial charge in [0.25, 0.3) is 0 Å². The number of aromatic nitrogens is 3. The minimum absolute atomic E-state index is 0.125. The highest BCUT2D eigenvalue weighted by Crippen LogP contribution is 2.32. The van der Waals surface area contributed by atoms with Crippen molar-refractivity contribution in [1.82, 2.24) is 14.8 Å². The molecule has 0 aliphatic heterocycles. The molecule has 0 fully saturated rings. The zero-order valence-electron chi connectivity index (χ0n) is 16.8. The van der Waals surface area contributed by atoms with Crippen LogP contribution in [0.2, 0.25) is 15.1 Å². The molecule has 32 heavy (non-hydrogen) atoms. The lowest BCUT2D eigenvalue weighted by Crippen LogP contribution is -2.16. The molecule has 0 aliphatic rings. The Kier molecular flexibility index (Phi) is 8.90. The fraction of sp³-hybridized carbons (Fsp3) is 0.190. The van der Waals surface area contributed by atoms with Gasteiger partial charge in [0.05, 0.1) is 21.5 Å². The Hall–Kier alpha value is -1.71. The largest absolute Gasteiger partial charge is 0.481 e. The lowest BCUT2D eigenvalue weighted by molar-refractivity contribution is -0.113. The number of allylic oxidation sites excluding steroid dienone is 1. The molecule has 0 bridgehead atoms. The van der Waals surface area contributed by atoms with Gasteiger partial charge in [-0.3, -0.25) is 9.36 Å². The molecule has 11 heteroatoms. The summed E-state index contributed by atoms with van der Waals surface area (Å²) in [6.07, 6.45) is 1.27. The summed E-state index contributed by atoms with van der Waals surface area (Å²) in [6.45, 7) is 6.08. The Labute approximate surface area is 213 Å². The van der Waals surface area contributed by atoms with Gasteiger partial charge in [-0.1, -0.05) is 68.6 Å². The maximum Gasteiger partial charge on any atom is 0.234 e. The summed E-state index contributed by atoms with van der Waals surface area (Å²) in [5, 5.41) is 13.2. The number of amides is 1. The Morgan fingerprint density at radius 3 is 2.72 bits per heavy atom. The summed E-state index contributed by atoms with van der Waals surface area (Å²) >= 11 is 22.9. The number of carbonyl (C=O) groups is 1. The van der Waals surface area contributed by atoms with Crippen LogP contribution in [-0.2, 0) is 11.3 Å². The Morgan fingerprint density at radius 1 is 1.25 bits per heavy atom. The molecule has 0 spiro atoms. The molecular weight excluding hydrogens is 559 g/mol. The molecule has 1 heterocycles. The van der Waals surface area contributed by atoms with E-state index in [-0.39, 0.29) is 11.7 Å². The summed E-state index contributed by atoms with van der Waals surface area (Å²) in [5.74, 6) is 0.970. The molecule has 0 saturated heterocycles. The zero-order chi connectivity index (χ0) is 23.3. The SMILES string of the molecule is C=CCn1c(SCC(=O)Nc2ccc(Br)cc2Cl)nnc1C(C)Oc1ccc(Cl)cc1Cl. The van der Waals surface area contributed by atoms with E-state index in [2.05, 4.69) is 38.0 Å². The van der Waals surface area contributed by atoms with Gasteiger partial charge in [0, 0.05) is 16.0 Å². The minimum atomic E-state index is -0.453. The van der Waals surface area contributed by atoms with Crippen molar-refractivity contribution in [2.24, 2.45) is 0 Å². The summed E-state index contributed by atoms with van der Waals surface area (Å²) in [4.78, 5) is 12.4. The lowest BCUT2D eigenvalue weighted by Gasteiger charge is -2.16. The van der Waals surface area contributed by atoms with Crippen LogP contribution in [0.4, 0.5) is 5.69 Å². The van der Waals surface area contributed by atoms with Crippen LogP contribution >= 0.6 is 62.5 Å². The van der Waals surface area contributed by atoms with Gasteiger partial charge in [-0.2, -0.15) is 0 Å². The Bertz CT molecular complexity index is 1140. The summed E-state index contributed by atoms with van der Waals surface area (Å²) in [5.41, 5.74) is 0.538. The second kappa shape index (κ2) is 11.4. The highest BCUT2D eigenvalue weighted by atomic mass is 79.9. The van der Waals surface area contributed by atoms with Crippen LogP contribution in [-0.4, -0.2) is 26.4 Å². The molecule has 1 amide bonds. The molecule has 1 N–H and O–H groups in total. The van der Waals surface area contributed by atoms with Gasteiger partial charge in [-0.15, -0.1) is 16.8 Å². The molecule has 2 aromatic carbocycles. The normalized spacial score (nSPS) is 11.8. The van der Waals surface area contributed by atoms with Crippen molar-refractivity contribution in [3.63, 3.8) is 0 Å². The number of halogens is 4. The van der Waals surface area contributed by atoms with Gasteiger partial charge in [-0.25, -0.2) is 0 Å². The average molecular weight is 577 g/mol. The number of rotatable bonds is 9. The fourth-order valence-corrected chi connectivity index (χ4v) is 4.66. The first-order valence-corrected chi connectivity index (χ1v) is 12.2. The molecule has 0 aliphatic carbocycles. The highest BCUT2D eigenvalue weighted by Gasteiger charge is 2.21. The lowest BCUT2D eigenvalue weighted by atomic mass is 10.3. The summed E-state index contributed by atoms with van der Waals surface area (Å²) < 4.78 is 8.63. The van der Waals surface area contributed by atoms with E-state index >= 15 is 0 Å². The highest BCUT2D eigenvalue weighted by molar-refractivity contribution is 9.10. The molecule has 3 aromatic rings. The van der Waals surface area contributed by atoms with E-state index in [9.17, 15) is 4.79 Å². The van der Waals surface area contributed by atoms with Crippen LogP contribution in [0, 0.1) is 0 Å². The van der Waals surface area contributed by atoms with Crippen molar-refractivity contribution >= 4 is 74.1 Å². The molecule has 1 unspecified atom stereocenters. The van der Waals surface area contributed by atoms with E-state index in [1.54, 1.807) is 42.5 Å². The first-order valence-electron chi connectivity index (χ1n) is 9.32. The third kappa shape index (κ3) is 6.42. The van der Waals surface area contributed by atoms with Crippen LogP contribution < -0.4 is 10.1 Å². The molecule has 1 atom stereocenters. The van der Waals surface area contributed by atoms with Gasteiger partial charge < -0.3 is 10.1 Å². The van der Waals surface area contributed by atoms with Crippen LogP contribution in [0.15, 0.2) is 58.7 Å². The van der Waals surface area contributed by atoms with Crippen molar-refractivity contribution in [3.8, 4) is 5.75 Å². The number of nitrogens with one attached hydrogen (secondary N) is 1. The van der Waals surface area contributed by atoms with Crippen LogP contribution in [0.5, 0.6) is 5.75 Å². The molecular formula is C21H18BrCl3N4O2S. The molecule has 0 radical (unpaired) electrons. The maximum atomic E-state index is 12.4. The van der Waals surface area contributed by atoms with Gasteiger partial charge >= 0.3 is 0 Å². The third-order valence-electron chi connectivity index (χ3n) is 4.16. The zero-order valence-corrected chi connectivity index (χ0v) is 21.5. The number of hydrogen-bond donors (Lipinski definition) is 1. The van der Waals surface area contributed by atoms with E-state index in [0.717, 1.165) is 4.47 Å². The number of nitrogens with zero attached hydrogens (tertiary/aromatic N) is 3. The predicted molar refractivity (Wildman–Crippen MR) is 134 cm³/mol. The Balaban J connectivity index is 1.69. The van der Waals surface area contributed by atoms with Gasteiger partial charge in [0.2, 0.25) is 5.91 Å². The standard InChI is InChI=1S/C21H18BrCl3N4O2S/c1-3-8-29-20(12(2)31-18-7-5-14(23)10-16(18)25)27-28-21(29)32-11-19(30)26-17-6-4-13(22)9-15(17)24/h3-7,9-10,12H,1,8,11H2,2H3,(H,26,30). The second-order valence-corrected chi connectivity index (χ2v) is 9.64.